The molecule has 0 saturated heterocycles. The van der Waals surface area contributed by atoms with Crippen molar-refractivity contribution in [3.63, 3.8) is 0 Å². The highest BCUT2D eigenvalue weighted by molar-refractivity contribution is 6.17. The lowest BCUT2D eigenvalue weighted by Gasteiger charge is -2.07. The summed E-state index contributed by atoms with van der Waals surface area (Å²) in [6.07, 6.45) is 4.60. The largest absolute Gasteiger partial charge is 0.379 e. The molecule has 0 atom stereocenters. The summed E-state index contributed by atoms with van der Waals surface area (Å²) in [7, 11) is 0. The predicted molar refractivity (Wildman–Crippen MR) is 86.9 cm³/mol. The van der Waals surface area contributed by atoms with Crippen molar-refractivity contribution in [3.05, 3.63) is 35.9 Å². The van der Waals surface area contributed by atoms with Crippen LogP contribution in [0.25, 0.3) is 0 Å². The molecule has 1 rings (SSSR count). The maximum atomic E-state index is 5.61. The minimum atomic E-state index is 0.617. The molecule has 120 valence electrons. The van der Waals surface area contributed by atoms with Crippen LogP contribution >= 0.6 is 11.6 Å². The van der Waals surface area contributed by atoms with Gasteiger partial charge in [-0.15, -0.1) is 11.6 Å². The molecule has 0 spiro atoms. The SMILES string of the molecule is ClCCCCCCOCCOCCOCc1ccccc1. The molecule has 0 fully saturated rings. The van der Waals surface area contributed by atoms with Crippen LogP contribution in [-0.2, 0) is 20.8 Å². The summed E-state index contributed by atoms with van der Waals surface area (Å²) in [4.78, 5) is 0. The quantitative estimate of drug-likeness (QED) is 0.383. The van der Waals surface area contributed by atoms with Crippen LogP contribution in [-0.4, -0.2) is 38.9 Å². The number of halogens is 1. The summed E-state index contributed by atoms with van der Waals surface area (Å²) in [5, 5.41) is 0. The van der Waals surface area contributed by atoms with Gasteiger partial charge in [-0.3, -0.25) is 0 Å². The van der Waals surface area contributed by atoms with E-state index in [1.807, 2.05) is 18.2 Å². The number of hydrogen-bond donors (Lipinski definition) is 0. The van der Waals surface area contributed by atoms with Crippen LogP contribution in [0.3, 0.4) is 0 Å². The van der Waals surface area contributed by atoms with Gasteiger partial charge in [0.15, 0.2) is 0 Å². The van der Waals surface area contributed by atoms with Gasteiger partial charge >= 0.3 is 0 Å². The van der Waals surface area contributed by atoms with Crippen molar-refractivity contribution >= 4 is 11.6 Å². The highest BCUT2D eigenvalue weighted by atomic mass is 35.5. The molecule has 0 N–H and O–H groups in total. The van der Waals surface area contributed by atoms with Crippen LogP contribution in [0, 0.1) is 0 Å². The highest BCUT2D eigenvalue weighted by Crippen LogP contribution is 2.01. The van der Waals surface area contributed by atoms with Crippen LogP contribution < -0.4 is 0 Å². The Labute approximate surface area is 133 Å². The third-order valence-electron chi connectivity index (χ3n) is 3.03. The third-order valence-corrected chi connectivity index (χ3v) is 3.30. The minimum absolute atomic E-state index is 0.617. The van der Waals surface area contributed by atoms with Gasteiger partial charge in [0.05, 0.1) is 33.0 Å². The smallest absolute Gasteiger partial charge is 0.0718 e. The lowest BCUT2D eigenvalue weighted by Crippen LogP contribution is -2.09. The Balaban J connectivity index is 1.75. The first-order valence-corrected chi connectivity index (χ1v) is 8.30. The normalized spacial score (nSPS) is 10.9. The van der Waals surface area contributed by atoms with Gasteiger partial charge in [0.25, 0.3) is 0 Å². The molecule has 0 aromatic heterocycles. The zero-order valence-electron chi connectivity index (χ0n) is 12.8. The monoisotopic (exact) mass is 314 g/mol. The summed E-state index contributed by atoms with van der Waals surface area (Å²) in [6, 6.07) is 10.2. The Kier molecular flexibility index (Phi) is 12.6. The number of rotatable bonds is 14. The topological polar surface area (TPSA) is 27.7 Å². The van der Waals surface area contributed by atoms with E-state index in [1.165, 1.54) is 18.4 Å². The summed E-state index contributed by atoms with van der Waals surface area (Å²) in [5.41, 5.74) is 1.19. The highest BCUT2D eigenvalue weighted by Gasteiger charge is 1.94. The van der Waals surface area contributed by atoms with Gasteiger partial charge in [0.1, 0.15) is 0 Å². The Morgan fingerprint density at radius 2 is 1.29 bits per heavy atom. The first kappa shape index (κ1) is 18.4. The van der Waals surface area contributed by atoms with Gasteiger partial charge in [-0.05, 0) is 18.4 Å². The van der Waals surface area contributed by atoms with E-state index < -0.39 is 0 Å². The zero-order valence-corrected chi connectivity index (χ0v) is 13.5. The second-order valence-electron chi connectivity index (χ2n) is 4.87. The first-order valence-electron chi connectivity index (χ1n) is 7.76. The molecule has 4 heteroatoms. The van der Waals surface area contributed by atoms with E-state index in [4.69, 9.17) is 25.8 Å². The molecule has 1 aromatic carbocycles. The standard InChI is InChI=1S/C17H27ClO3/c18-10-6-1-2-7-11-19-12-13-20-14-15-21-16-17-8-4-3-5-9-17/h3-5,8-9H,1-2,6-7,10-16H2. The van der Waals surface area contributed by atoms with E-state index in [-0.39, 0.29) is 0 Å². The van der Waals surface area contributed by atoms with Gasteiger partial charge in [0, 0.05) is 12.5 Å². The molecule has 0 heterocycles. The molecule has 0 bridgehead atoms. The van der Waals surface area contributed by atoms with Crippen molar-refractivity contribution in [1.82, 2.24) is 0 Å². The molecular formula is C17H27ClO3. The molecule has 1 aromatic rings. The van der Waals surface area contributed by atoms with Crippen LogP contribution in [0.5, 0.6) is 0 Å². The van der Waals surface area contributed by atoms with Crippen LogP contribution in [0.4, 0.5) is 0 Å². The average Bonchev–Trinajstić information content (AvgIpc) is 2.53. The maximum Gasteiger partial charge on any atom is 0.0718 e. The summed E-state index contributed by atoms with van der Waals surface area (Å²) >= 11 is 5.61. The minimum Gasteiger partial charge on any atom is -0.379 e. The second-order valence-corrected chi connectivity index (χ2v) is 5.24. The zero-order chi connectivity index (χ0) is 15.0. The lowest BCUT2D eigenvalue weighted by molar-refractivity contribution is 0.0100. The molecule has 0 radical (unpaired) electrons. The molecule has 0 unspecified atom stereocenters. The number of alkyl halides is 1. The molecule has 0 aliphatic rings. The van der Waals surface area contributed by atoms with Gasteiger partial charge < -0.3 is 14.2 Å². The number of benzene rings is 1. The Morgan fingerprint density at radius 1 is 0.667 bits per heavy atom. The summed E-state index contributed by atoms with van der Waals surface area (Å²) < 4.78 is 16.5. The van der Waals surface area contributed by atoms with Crippen molar-refractivity contribution < 1.29 is 14.2 Å². The molecule has 0 aliphatic heterocycles. The van der Waals surface area contributed by atoms with E-state index in [0.717, 1.165) is 25.3 Å². The summed E-state index contributed by atoms with van der Waals surface area (Å²) in [5.74, 6) is 0.765. The number of unbranched alkanes of at least 4 members (excludes halogenated alkanes) is 3. The maximum absolute atomic E-state index is 5.61. The molecule has 0 saturated carbocycles. The molecule has 0 amide bonds. The number of ether oxygens (including phenoxy) is 3. The molecular weight excluding hydrogens is 288 g/mol. The van der Waals surface area contributed by atoms with Crippen molar-refractivity contribution in [3.8, 4) is 0 Å². The van der Waals surface area contributed by atoms with Gasteiger partial charge in [-0.2, -0.15) is 0 Å². The van der Waals surface area contributed by atoms with E-state index in [1.54, 1.807) is 0 Å². The van der Waals surface area contributed by atoms with Crippen LogP contribution in [0.1, 0.15) is 31.2 Å². The van der Waals surface area contributed by atoms with E-state index in [0.29, 0.717) is 33.0 Å². The number of hydrogen-bond acceptors (Lipinski definition) is 3. The van der Waals surface area contributed by atoms with Crippen molar-refractivity contribution in [2.24, 2.45) is 0 Å². The Morgan fingerprint density at radius 3 is 2.00 bits per heavy atom. The van der Waals surface area contributed by atoms with Crippen LogP contribution in [0.15, 0.2) is 30.3 Å². The fourth-order valence-electron chi connectivity index (χ4n) is 1.86. The average molecular weight is 315 g/mol. The van der Waals surface area contributed by atoms with E-state index in [2.05, 4.69) is 12.1 Å². The fourth-order valence-corrected chi connectivity index (χ4v) is 2.05. The van der Waals surface area contributed by atoms with Crippen molar-refractivity contribution in [2.45, 2.75) is 32.3 Å². The second kappa shape index (κ2) is 14.3. The van der Waals surface area contributed by atoms with Gasteiger partial charge in [0.2, 0.25) is 0 Å². The fraction of sp³-hybridized carbons (Fsp3) is 0.647. The van der Waals surface area contributed by atoms with Crippen molar-refractivity contribution in [2.75, 3.05) is 38.9 Å². The molecule has 0 aliphatic carbocycles. The first-order chi connectivity index (χ1) is 10.4. The summed E-state index contributed by atoms with van der Waals surface area (Å²) in [6.45, 7) is 3.99. The van der Waals surface area contributed by atoms with E-state index >= 15 is 0 Å². The molecule has 21 heavy (non-hydrogen) atoms. The Bertz CT molecular complexity index is 319. The third kappa shape index (κ3) is 11.7. The van der Waals surface area contributed by atoms with Gasteiger partial charge in [-0.1, -0.05) is 43.2 Å². The Hall–Kier alpha value is -0.610. The van der Waals surface area contributed by atoms with E-state index in [9.17, 15) is 0 Å². The van der Waals surface area contributed by atoms with Crippen molar-refractivity contribution in [1.29, 1.82) is 0 Å². The van der Waals surface area contributed by atoms with Gasteiger partial charge in [-0.25, -0.2) is 0 Å². The molecule has 3 nitrogen and oxygen atoms in total. The van der Waals surface area contributed by atoms with Crippen LogP contribution in [0.2, 0.25) is 0 Å². The lowest BCUT2D eigenvalue weighted by atomic mass is 10.2. The predicted octanol–water partition coefficient (Wildman–Crippen LogP) is 4.04.